The molecule has 2 nitrogen and oxygen atoms in total. The normalized spacial score (nSPS) is 21.0. The molecule has 1 heterocycles. The van der Waals surface area contributed by atoms with Crippen molar-refractivity contribution in [3.63, 3.8) is 0 Å². The van der Waals surface area contributed by atoms with E-state index in [1.165, 1.54) is 5.69 Å². The molecule has 0 bridgehead atoms. The number of anilines is 1. The molecule has 15 heavy (non-hydrogen) atoms. The zero-order valence-corrected chi connectivity index (χ0v) is 9.67. The summed E-state index contributed by atoms with van der Waals surface area (Å²) in [5.41, 5.74) is 2.34. The molecule has 0 aliphatic carbocycles. The Morgan fingerprint density at radius 2 is 2.33 bits per heavy atom. The van der Waals surface area contributed by atoms with Gasteiger partial charge in [0, 0.05) is 36.3 Å². The summed E-state index contributed by atoms with van der Waals surface area (Å²) in [6, 6.07) is 6.00. The van der Waals surface area contributed by atoms with Gasteiger partial charge in [0.25, 0.3) is 0 Å². The SMILES string of the molecule is Cc1c(Cl)cccc1N1CCC(CO)C1. The summed E-state index contributed by atoms with van der Waals surface area (Å²) >= 11 is 6.09. The number of nitrogens with zero attached hydrogens (tertiary/aromatic N) is 1. The third kappa shape index (κ3) is 2.11. The fraction of sp³-hybridized carbons (Fsp3) is 0.500. The summed E-state index contributed by atoms with van der Waals surface area (Å²) in [6.45, 7) is 4.30. The minimum absolute atomic E-state index is 0.288. The summed E-state index contributed by atoms with van der Waals surface area (Å²) in [4.78, 5) is 2.31. The van der Waals surface area contributed by atoms with Crippen LogP contribution < -0.4 is 4.90 Å². The molecule has 1 fully saturated rings. The number of aliphatic hydroxyl groups excluding tert-OH is 1. The summed E-state index contributed by atoms with van der Waals surface area (Å²) in [5, 5.41) is 9.92. The van der Waals surface area contributed by atoms with E-state index in [1.54, 1.807) is 0 Å². The van der Waals surface area contributed by atoms with E-state index in [2.05, 4.69) is 11.0 Å². The van der Waals surface area contributed by atoms with E-state index in [1.807, 2.05) is 19.1 Å². The van der Waals surface area contributed by atoms with Gasteiger partial charge in [0.15, 0.2) is 0 Å². The van der Waals surface area contributed by atoms with Crippen LogP contribution >= 0.6 is 11.6 Å². The predicted octanol–water partition coefficient (Wildman–Crippen LogP) is 2.47. The zero-order valence-electron chi connectivity index (χ0n) is 8.91. The second kappa shape index (κ2) is 4.42. The number of benzene rings is 1. The highest BCUT2D eigenvalue weighted by atomic mass is 35.5. The summed E-state index contributed by atoms with van der Waals surface area (Å²) < 4.78 is 0. The van der Waals surface area contributed by atoms with Crippen molar-refractivity contribution in [2.75, 3.05) is 24.6 Å². The highest BCUT2D eigenvalue weighted by molar-refractivity contribution is 6.31. The molecular formula is C12H16ClNO. The van der Waals surface area contributed by atoms with E-state index in [0.717, 1.165) is 30.1 Å². The van der Waals surface area contributed by atoms with E-state index >= 15 is 0 Å². The molecule has 2 rings (SSSR count). The number of aliphatic hydroxyl groups is 1. The molecule has 1 unspecified atom stereocenters. The third-order valence-electron chi connectivity index (χ3n) is 3.12. The molecule has 3 heteroatoms. The largest absolute Gasteiger partial charge is 0.396 e. The number of hydrogen-bond donors (Lipinski definition) is 1. The minimum atomic E-state index is 0.288. The number of halogens is 1. The van der Waals surface area contributed by atoms with Crippen LogP contribution in [-0.2, 0) is 0 Å². The maximum atomic E-state index is 9.10. The minimum Gasteiger partial charge on any atom is -0.396 e. The lowest BCUT2D eigenvalue weighted by Gasteiger charge is -2.21. The molecule has 0 aromatic heterocycles. The van der Waals surface area contributed by atoms with Crippen LogP contribution in [0.5, 0.6) is 0 Å². The Morgan fingerprint density at radius 3 is 3.00 bits per heavy atom. The van der Waals surface area contributed by atoms with Crippen LogP contribution in [0.1, 0.15) is 12.0 Å². The van der Waals surface area contributed by atoms with Gasteiger partial charge in [-0.2, -0.15) is 0 Å². The Hall–Kier alpha value is -0.730. The maximum Gasteiger partial charge on any atom is 0.0476 e. The van der Waals surface area contributed by atoms with Crippen LogP contribution in [0, 0.1) is 12.8 Å². The van der Waals surface area contributed by atoms with Gasteiger partial charge in [0.2, 0.25) is 0 Å². The first kappa shape index (κ1) is 10.8. The van der Waals surface area contributed by atoms with Crippen molar-refractivity contribution >= 4 is 17.3 Å². The Morgan fingerprint density at radius 1 is 1.53 bits per heavy atom. The van der Waals surface area contributed by atoms with Crippen molar-refractivity contribution in [3.05, 3.63) is 28.8 Å². The van der Waals surface area contributed by atoms with Gasteiger partial charge >= 0.3 is 0 Å². The molecule has 0 amide bonds. The van der Waals surface area contributed by atoms with Crippen LogP contribution in [0.2, 0.25) is 5.02 Å². The van der Waals surface area contributed by atoms with Gasteiger partial charge in [0.05, 0.1) is 0 Å². The van der Waals surface area contributed by atoms with Crippen LogP contribution in [-0.4, -0.2) is 24.8 Å². The van der Waals surface area contributed by atoms with Gasteiger partial charge in [0.1, 0.15) is 0 Å². The molecule has 1 aromatic rings. The van der Waals surface area contributed by atoms with Crippen molar-refractivity contribution < 1.29 is 5.11 Å². The molecule has 1 aliphatic heterocycles. The lowest BCUT2D eigenvalue weighted by atomic mass is 10.1. The first-order valence-corrected chi connectivity index (χ1v) is 5.71. The smallest absolute Gasteiger partial charge is 0.0476 e. The second-order valence-electron chi connectivity index (χ2n) is 4.17. The molecule has 0 saturated carbocycles. The van der Waals surface area contributed by atoms with E-state index in [-0.39, 0.29) is 6.61 Å². The topological polar surface area (TPSA) is 23.5 Å². The number of hydrogen-bond acceptors (Lipinski definition) is 2. The first-order chi connectivity index (χ1) is 7.22. The zero-order chi connectivity index (χ0) is 10.8. The molecule has 1 aromatic carbocycles. The summed E-state index contributed by atoms with van der Waals surface area (Å²) in [6.07, 6.45) is 1.07. The fourth-order valence-corrected chi connectivity index (χ4v) is 2.31. The Bertz CT molecular complexity index is 353. The van der Waals surface area contributed by atoms with Gasteiger partial charge in [-0.1, -0.05) is 17.7 Å². The van der Waals surface area contributed by atoms with Crippen molar-refractivity contribution in [2.45, 2.75) is 13.3 Å². The van der Waals surface area contributed by atoms with E-state index in [0.29, 0.717) is 5.92 Å². The molecule has 1 atom stereocenters. The lowest BCUT2D eigenvalue weighted by molar-refractivity contribution is 0.238. The van der Waals surface area contributed by atoms with Crippen molar-refractivity contribution in [3.8, 4) is 0 Å². The Kier molecular flexibility index (Phi) is 3.17. The highest BCUT2D eigenvalue weighted by Gasteiger charge is 2.23. The van der Waals surface area contributed by atoms with Gasteiger partial charge in [-0.15, -0.1) is 0 Å². The van der Waals surface area contributed by atoms with Crippen molar-refractivity contribution in [2.24, 2.45) is 5.92 Å². The fourth-order valence-electron chi connectivity index (χ4n) is 2.14. The van der Waals surface area contributed by atoms with E-state index in [4.69, 9.17) is 16.7 Å². The maximum absolute atomic E-state index is 9.10. The average molecular weight is 226 g/mol. The van der Waals surface area contributed by atoms with Crippen LogP contribution in [0.15, 0.2) is 18.2 Å². The Balaban J connectivity index is 2.20. The first-order valence-electron chi connectivity index (χ1n) is 5.33. The quantitative estimate of drug-likeness (QED) is 0.836. The molecule has 0 radical (unpaired) electrons. The highest BCUT2D eigenvalue weighted by Crippen LogP contribution is 2.30. The van der Waals surface area contributed by atoms with E-state index in [9.17, 15) is 0 Å². The van der Waals surface area contributed by atoms with Crippen LogP contribution in [0.4, 0.5) is 5.69 Å². The van der Waals surface area contributed by atoms with Gasteiger partial charge in [-0.3, -0.25) is 0 Å². The molecular weight excluding hydrogens is 210 g/mol. The average Bonchev–Trinajstić information content (AvgIpc) is 2.70. The van der Waals surface area contributed by atoms with Crippen molar-refractivity contribution in [1.82, 2.24) is 0 Å². The summed E-state index contributed by atoms with van der Waals surface area (Å²) in [7, 11) is 0. The van der Waals surface area contributed by atoms with Gasteiger partial charge < -0.3 is 10.0 Å². The standard InChI is InChI=1S/C12H16ClNO/c1-9-11(13)3-2-4-12(9)14-6-5-10(7-14)8-15/h2-4,10,15H,5-8H2,1H3. The summed E-state index contributed by atoms with van der Waals surface area (Å²) in [5.74, 6) is 0.420. The Labute approximate surface area is 95.5 Å². The lowest BCUT2D eigenvalue weighted by Crippen LogP contribution is -2.21. The second-order valence-corrected chi connectivity index (χ2v) is 4.57. The molecule has 1 N–H and O–H groups in total. The van der Waals surface area contributed by atoms with Crippen LogP contribution in [0.3, 0.4) is 0 Å². The third-order valence-corrected chi connectivity index (χ3v) is 3.53. The van der Waals surface area contributed by atoms with Gasteiger partial charge in [-0.25, -0.2) is 0 Å². The van der Waals surface area contributed by atoms with Crippen molar-refractivity contribution in [1.29, 1.82) is 0 Å². The molecule has 82 valence electrons. The van der Waals surface area contributed by atoms with E-state index < -0.39 is 0 Å². The molecule has 1 saturated heterocycles. The monoisotopic (exact) mass is 225 g/mol. The molecule has 0 spiro atoms. The van der Waals surface area contributed by atoms with Crippen LogP contribution in [0.25, 0.3) is 0 Å². The number of rotatable bonds is 2. The molecule has 1 aliphatic rings. The van der Waals surface area contributed by atoms with Gasteiger partial charge in [-0.05, 0) is 31.0 Å². The predicted molar refractivity (Wildman–Crippen MR) is 63.6 cm³/mol.